The van der Waals surface area contributed by atoms with Gasteiger partial charge in [0.15, 0.2) is 5.76 Å². The largest absolute Gasteiger partial charge is 0.481 e. The highest BCUT2D eigenvalue weighted by Crippen LogP contribution is 2.28. The first-order valence-electron chi connectivity index (χ1n) is 7.83. The van der Waals surface area contributed by atoms with Crippen molar-refractivity contribution in [1.29, 1.82) is 0 Å². The van der Waals surface area contributed by atoms with Crippen LogP contribution in [0.15, 0.2) is 35.2 Å². The minimum absolute atomic E-state index is 0.0303. The van der Waals surface area contributed by atoms with Gasteiger partial charge in [0.1, 0.15) is 12.1 Å². The number of methoxy groups -OCH3 is 1. The SMILES string of the molecule is COc1cc(N2C[C@@H]3OCCN(C(=O)c4ccco4)[C@@H]3C2)ncn1. The number of nitrogens with zero attached hydrogens (tertiary/aromatic N) is 4. The molecule has 4 heterocycles. The van der Waals surface area contributed by atoms with E-state index in [2.05, 4.69) is 14.9 Å². The van der Waals surface area contributed by atoms with Crippen molar-refractivity contribution < 1.29 is 18.7 Å². The third-order valence-corrected chi connectivity index (χ3v) is 4.45. The Hall–Kier alpha value is -2.61. The average molecular weight is 330 g/mol. The highest BCUT2D eigenvalue weighted by molar-refractivity contribution is 5.91. The standard InChI is InChI=1S/C16H18N4O4/c1-22-15-7-14(17-10-18-15)19-8-11-13(9-19)24-6-4-20(11)16(21)12-3-2-5-23-12/h2-3,5,7,10-11,13H,4,6,8-9H2,1H3/t11-,13+/m1/s1. The molecule has 126 valence electrons. The number of rotatable bonds is 3. The Morgan fingerprint density at radius 3 is 3.08 bits per heavy atom. The second-order valence-corrected chi connectivity index (χ2v) is 5.78. The van der Waals surface area contributed by atoms with E-state index in [0.717, 1.165) is 5.82 Å². The molecule has 0 bridgehead atoms. The summed E-state index contributed by atoms with van der Waals surface area (Å²) in [7, 11) is 1.57. The zero-order chi connectivity index (χ0) is 16.5. The Morgan fingerprint density at radius 2 is 2.29 bits per heavy atom. The lowest BCUT2D eigenvalue weighted by Gasteiger charge is -2.36. The molecule has 24 heavy (non-hydrogen) atoms. The van der Waals surface area contributed by atoms with Crippen LogP contribution in [0.3, 0.4) is 0 Å². The molecule has 0 spiro atoms. The van der Waals surface area contributed by atoms with E-state index in [1.165, 1.54) is 12.6 Å². The normalized spacial score (nSPS) is 23.2. The van der Waals surface area contributed by atoms with Crippen LogP contribution >= 0.6 is 0 Å². The lowest BCUT2D eigenvalue weighted by Crippen LogP contribution is -2.53. The van der Waals surface area contributed by atoms with Gasteiger partial charge in [-0.1, -0.05) is 0 Å². The maximum Gasteiger partial charge on any atom is 0.290 e. The summed E-state index contributed by atoms with van der Waals surface area (Å²) >= 11 is 0. The Balaban J connectivity index is 1.55. The van der Waals surface area contributed by atoms with Gasteiger partial charge < -0.3 is 23.7 Å². The molecule has 0 aliphatic carbocycles. The summed E-state index contributed by atoms with van der Waals surface area (Å²) in [4.78, 5) is 24.9. The molecule has 0 saturated carbocycles. The number of furan rings is 1. The number of ether oxygens (including phenoxy) is 2. The first-order valence-corrected chi connectivity index (χ1v) is 7.83. The van der Waals surface area contributed by atoms with Gasteiger partial charge in [-0.25, -0.2) is 9.97 Å². The second kappa shape index (κ2) is 6.12. The van der Waals surface area contributed by atoms with Crippen molar-refractivity contribution in [2.75, 3.05) is 38.3 Å². The summed E-state index contributed by atoms with van der Waals surface area (Å²) in [5, 5.41) is 0. The third kappa shape index (κ3) is 2.58. The molecule has 2 aliphatic heterocycles. The van der Waals surface area contributed by atoms with E-state index in [9.17, 15) is 4.79 Å². The van der Waals surface area contributed by atoms with Crippen LogP contribution < -0.4 is 9.64 Å². The van der Waals surface area contributed by atoms with Crippen LogP contribution in [0.1, 0.15) is 10.6 Å². The molecule has 0 N–H and O–H groups in total. The summed E-state index contributed by atoms with van der Waals surface area (Å²) < 4.78 is 16.3. The molecule has 0 aromatic carbocycles. The van der Waals surface area contributed by atoms with Crippen LogP contribution in [0.4, 0.5) is 5.82 Å². The Labute approximate surface area is 139 Å². The van der Waals surface area contributed by atoms with Gasteiger partial charge >= 0.3 is 0 Å². The van der Waals surface area contributed by atoms with Gasteiger partial charge in [0.25, 0.3) is 5.91 Å². The molecular weight excluding hydrogens is 312 g/mol. The minimum Gasteiger partial charge on any atom is -0.481 e. The number of hydrogen-bond donors (Lipinski definition) is 0. The maximum atomic E-state index is 12.7. The predicted molar refractivity (Wildman–Crippen MR) is 84.1 cm³/mol. The van der Waals surface area contributed by atoms with Crippen molar-refractivity contribution in [3.05, 3.63) is 36.5 Å². The minimum atomic E-state index is -0.0968. The highest BCUT2D eigenvalue weighted by atomic mass is 16.5. The molecule has 2 aromatic heterocycles. The summed E-state index contributed by atoms with van der Waals surface area (Å²) in [6.07, 6.45) is 2.95. The van der Waals surface area contributed by atoms with Crippen molar-refractivity contribution in [2.24, 2.45) is 0 Å². The number of aromatic nitrogens is 2. The topological polar surface area (TPSA) is 80.9 Å². The predicted octanol–water partition coefficient (Wildman–Crippen LogP) is 0.808. The van der Waals surface area contributed by atoms with Gasteiger partial charge in [0.05, 0.1) is 32.1 Å². The maximum absolute atomic E-state index is 12.7. The van der Waals surface area contributed by atoms with Gasteiger partial charge in [-0.05, 0) is 12.1 Å². The van der Waals surface area contributed by atoms with E-state index in [0.29, 0.717) is 37.9 Å². The van der Waals surface area contributed by atoms with Crippen molar-refractivity contribution in [3.8, 4) is 5.88 Å². The number of carbonyl (C=O) groups excluding carboxylic acids is 1. The van der Waals surface area contributed by atoms with Crippen LogP contribution in [-0.2, 0) is 4.74 Å². The molecule has 8 heteroatoms. The highest BCUT2D eigenvalue weighted by Gasteiger charge is 2.43. The number of amides is 1. The first kappa shape index (κ1) is 14.9. The van der Waals surface area contributed by atoms with Gasteiger partial charge in [0, 0.05) is 25.7 Å². The monoisotopic (exact) mass is 330 g/mol. The van der Waals surface area contributed by atoms with E-state index >= 15 is 0 Å². The fourth-order valence-electron chi connectivity index (χ4n) is 3.28. The summed E-state index contributed by atoms with van der Waals surface area (Å²) in [6, 6.07) is 5.17. The van der Waals surface area contributed by atoms with E-state index in [-0.39, 0.29) is 18.1 Å². The lowest BCUT2D eigenvalue weighted by molar-refractivity contribution is -0.0373. The van der Waals surface area contributed by atoms with Crippen LogP contribution in [0, 0.1) is 0 Å². The molecule has 8 nitrogen and oxygen atoms in total. The molecule has 2 atom stereocenters. The van der Waals surface area contributed by atoms with Crippen LogP contribution in [0.5, 0.6) is 5.88 Å². The molecule has 4 rings (SSSR count). The van der Waals surface area contributed by atoms with Crippen molar-refractivity contribution in [2.45, 2.75) is 12.1 Å². The van der Waals surface area contributed by atoms with Gasteiger partial charge in [0.2, 0.25) is 5.88 Å². The van der Waals surface area contributed by atoms with Crippen molar-refractivity contribution >= 4 is 11.7 Å². The number of hydrogen-bond acceptors (Lipinski definition) is 7. The summed E-state index contributed by atoms with van der Waals surface area (Å²) in [6.45, 7) is 2.40. The summed E-state index contributed by atoms with van der Waals surface area (Å²) in [5.74, 6) is 1.54. The zero-order valence-electron chi connectivity index (χ0n) is 13.3. The third-order valence-electron chi connectivity index (χ3n) is 4.45. The number of anilines is 1. The quantitative estimate of drug-likeness (QED) is 0.823. The number of fused-ring (bicyclic) bond motifs is 1. The van der Waals surface area contributed by atoms with E-state index in [1.807, 2.05) is 4.90 Å². The smallest absolute Gasteiger partial charge is 0.290 e. The van der Waals surface area contributed by atoms with Crippen LogP contribution in [0.2, 0.25) is 0 Å². The molecule has 1 amide bonds. The lowest BCUT2D eigenvalue weighted by atomic mass is 10.1. The van der Waals surface area contributed by atoms with E-state index in [1.54, 1.807) is 25.3 Å². The molecule has 2 aliphatic rings. The van der Waals surface area contributed by atoms with E-state index < -0.39 is 0 Å². The molecule has 2 fully saturated rings. The Kier molecular flexibility index (Phi) is 3.81. The van der Waals surface area contributed by atoms with Gasteiger partial charge in [-0.15, -0.1) is 0 Å². The first-order chi connectivity index (χ1) is 11.8. The number of morpholine rings is 1. The van der Waals surface area contributed by atoms with E-state index in [4.69, 9.17) is 13.9 Å². The zero-order valence-corrected chi connectivity index (χ0v) is 13.3. The van der Waals surface area contributed by atoms with Crippen LogP contribution in [-0.4, -0.2) is 66.3 Å². The molecular formula is C16H18N4O4. The Morgan fingerprint density at radius 1 is 1.38 bits per heavy atom. The summed E-state index contributed by atoms with van der Waals surface area (Å²) in [5.41, 5.74) is 0. The fraction of sp³-hybridized carbons (Fsp3) is 0.438. The molecule has 2 saturated heterocycles. The Bertz CT molecular complexity index is 721. The number of carbonyl (C=O) groups is 1. The molecule has 2 aromatic rings. The molecule has 0 radical (unpaired) electrons. The van der Waals surface area contributed by atoms with Crippen molar-refractivity contribution in [1.82, 2.24) is 14.9 Å². The van der Waals surface area contributed by atoms with Gasteiger partial charge in [-0.3, -0.25) is 4.79 Å². The van der Waals surface area contributed by atoms with Crippen LogP contribution in [0.25, 0.3) is 0 Å². The second-order valence-electron chi connectivity index (χ2n) is 5.78. The average Bonchev–Trinajstić information content (AvgIpc) is 3.30. The fourth-order valence-corrected chi connectivity index (χ4v) is 3.28. The molecule has 0 unspecified atom stereocenters. The van der Waals surface area contributed by atoms with Crippen molar-refractivity contribution in [3.63, 3.8) is 0 Å². The van der Waals surface area contributed by atoms with Gasteiger partial charge in [-0.2, -0.15) is 0 Å².